The van der Waals surface area contributed by atoms with Crippen molar-refractivity contribution in [2.45, 2.75) is 45.4 Å². The number of rotatable bonds is 12. The Kier molecular flexibility index (Phi) is 8.74. The molecule has 9 nitrogen and oxygen atoms in total. The summed E-state index contributed by atoms with van der Waals surface area (Å²) in [5.41, 5.74) is -0.251. The van der Waals surface area contributed by atoms with Crippen molar-refractivity contribution in [1.29, 1.82) is 0 Å². The SMILES string of the molecule is CCCCCCCCOC(=O)c1ccccc1Nc1ccc([N+](=O)[O-])cc1[N+](=O)[O-]. The Morgan fingerprint density at radius 3 is 2.33 bits per heavy atom. The van der Waals surface area contributed by atoms with E-state index in [1.807, 2.05) is 0 Å². The first-order chi connectivity index (χ1) is 14.4. The van der Waals surface area contributed by atoms with Gasteiger partial charge in [0.05, 0.1) is 33.8 Å². The van der Waals surface area contributed by atoms with Gasteiger partial charge in [-0.25, -0.2) is 4.79 Å². The summed E-state index contributed by atoms with van der Waals surface area (Å²) in [4.78, 5) is 33.3. The molecule has 0 fully saturated rings. The lowest BCUT2D eigenvalue weighted by atomic mass is 10.1. The number of benzene rings is 2. The molecule has 0 radical (unpaired) electrons. The summed E-state index contributed by atoms with van der Waals surface area (Å²) >= 11 is 0. The molecule has 0 spiro atoms. The maximum Gasteiger partial charge on any atom is 0.340 e. The highest BCUT2D eigenvalue weighted by Crippen LogP contribution is 2.32. The molecule has 0 saturated heterocycles. The van der Waals surface area contributed by atoms with Crippen LogP contribution in [0, 0.1) is 20.2 Å². The van der Waals surface area contributed by atoms with E-state index in [9.17, 15) is 25.0 Å². The van der Waals surface area contributed by atoms with E-state index >= 15 is 0 Å². The van der Waals surface area contributed by atoms with Crippen LogP contribution in [0.5, 0.6) is 0 Å². The van der Waals surface area contributed by atoms with E-state index in [2.05, 4.69) is 12.2 Å². The van der Waals surface area contributed by atoms with Crippen LogP contribution in [0.15, 0.2) is 42.5 Å². The van der Waals surface area contributed by atoms with Gasteiger partial charge in [0.15, 0.2) is 0 Å². The molecule has 0 unspecified atom stereocenters. The van der Waals surface area contributed by atoms with Gasteiger partial charge in [-0.15, -0.1) is 0 Å². The van der Waals surface area contributed by atoms with Crippen molar-refractivity contribution in [3.63, 3.8) is 0 Å². The molecule has 1 N–H and O–H groups in total. The number of carbonyl (C=O) groups excluding carboxylic acids is 1. The van der Waals surface area contributed by atoms with Crippen LogP contribution in [0.4, 0.5) is 22.7 Å². The number of carbonyl (C=O) groups is 1. The van der Waals surface area contributed by atoms with E-state index in [-0.39, 0.29) is 16.9 Å². The molecule has 0 aliphatic rings. The highest BCUT2D eigenvalue weighted by molar-refractivity contribution is 5.97. The molecule has 0 aliphatic heterocycles. The topological polar surface area (TPSA) is 125 Å². The number of unbranched alkanes of at least 4 members (excludes halogenated alkanes) is 5. The first-order valence-corrected chi connectivity index (χ1v) is 9.90. The van der Waals surface area contributed by atoms with Gasteiger partial charge >= 0.3 is 5.97 Å². The molecule has 0 amide bonds. The van der Waals surface area contributed by atoms with Crippen molar-refractivity contribution in [3.8, 4) is 0 Å². The van der Waals surface area contributed by atoms with E-state index in [0.717, 1.165) is 31.4 Å². The Hall–Kier alpha value is -3.49. The van der Waals surface area contributed by atoms with Crippen LogP contribution in [0.2, 0.25) is 0 Å². The third-order valence-corrected chi connectivity index (χ3v) is 4.54. The maximum atomic E-state index is 12.5. The number of hydrogen-bond donors (Lipinski definition) is 1. The lowest BCUT2D eigenvalue weighted by molar-refractivity contribution is -0.393. The molecule has 0 bridgehead atoms. The number of esters is 1. The molecule has 0 aromatic heterocycles. The monoisotopic (exact) mass is 415 g/mol. The second kappa shape index (κ2) is 11.5. The van der Waals surface area contributed by atoms with Crippen molar-refractivity contribution < 1.29 is 19.4 Å². The summed E-state index contributed by atoms with van der Waals surface area (Å²) in [5.74, 6) is -0.531. The van der Waals surface area contributed by atoms with Gasteiger partial charge in [-0.2, -0.15) is 0 Å². The zero-order valence-corrected chi connectivity index (χ0v) is 16.8. The fourth-order valence-corrected chi connectivity index (χ4v) is 2.93. The largest absolute Gasteiger partial charge is 0.462 e. The predicted octanol–water partition coefficient (Wildman–Crippen LogP) is 5.76. The molecule has 2 aromatic rings. The molecule has 0 heterocycles. The minimum Gasteiger partial charge on any atom is -0.462 e. The second-order valence-electron chi connectivity index (χ2n) is 6.79. The van der Waals surface area contributed by atoms with Gasteiger partial charge in [-0.3, -0.25) is 20.2 Å². The molecule has 160 valence electrons. The van der Waals surface area contributed by atoms with Gasteiger partial charge in [-0.05, 0) is 24.6 Å². The van der Waals surface area contributed by atoms with Crippen LogP contribution in [-0.4, -0.2) is 22.4 Å². The number of hydrogen-bond acceptors (Lipinski definition) is 7. The Bertz CT molecular complexity index is 900. The highest BCUT2D eigenvalue weighted by atomic mass is 16.6. The first kappa shape index (κ1) is 22.8. The number of nitro benzene ring substituents is 2. The number of nitrogens with zero attached hydrogens (tertiary/aromatic N) is 2. The quantitative estimate of drug-likeness (QED) is 0.202. The fourth-order valence-electron chi connectivity index (χ4n) is 2.93. The van der Waals surface area contributed by atoms with Crippen LogP contribution < -0.4 is 5.32 Å². The average molecular weight is 415 g/mol. The van der Waals surface area contributed by atoms with Gasteiger partial charge in [0, 0.05) is 6.07 Å². The Morgan fingerprint density at radius 2 is 1.63 bits per heavy atom. The van der Waals surface area contributed by atoms with Crippen molar-refractivity contribution >= 4 is 28.7 Å². The van der Waals surface area contributed by atoms with Crippen LogP contribution in [-0.2, 0) is 4.74 Å². The standard InChI is InChI=1S/C21H25N3O6/c1-2-3-4-5-6-9-14-30-21(25)17-10-7-8-11-18(17)22-19-13-12-16(23(26)27)15-20(19)24(28)29/h7-8,10-13,15,22H,2-6,9,14H2,1H3. The third kappa shape index (κ3) is 6.54. The van der Waals surface area contributed by atoms with E-state index in [1.165, 1.54) is 25.3 Å². The van der Waals surface area contributed by atoms with Gasteiger partial charge in [0.25, 0.3) is 11.4 Å². The number of nitrogens with one attached hydrogen (secondary N) is 1. The summed E-state index contributed by atoms with van der Waals surface area (Å²) in [7, 11) is 0. The number of anilines is 2. The highest BCUT2D eigenvalue weighted by Gasteiger charge is 2.21. The predicted molar refractivity (Wildman–Crippen MR) is 113 cm³/mol. The van der Waals surface area contributed by atoms with Crippen molar-refractivity contribution in [2.75, 3.05) is 11.9 Å². The van der Waals surface area contributed by atoms with Gasteiger partial charge in [-0.1, -0.05) is 51.2 Å². The summed E-state index contributed by atoms with van der Waals surface area (Å²) in [6.07, 6.45) is 6.42. The van der Waals surface area contributed by atoms with E-state index in [0.29, 0.717) is 12.3 Å². The molecule has 0 aliphatic carbocycles. The maximum absolute atomic E-state index is 12.5. The van der Waals surface area contributed by atoms with Crippen LogP contribution in [0.3, 0.4) is 0 Å². The molecular formula is C21H25N3O6. The zero-order valence-electron chi connectivity index (χ0n) is 16.8. The first-order valence-electron chi connectivity index (χ1n) is 9.90. The summed E-state index contributed by atoms with van der Waals surface area (Å²) in [6, 6.07) is 9.77. The van der Waals surface area contributed by atoms with Gasteiger partial charge in [0.2, 0.25) is 0 Å². The Morgan fingerprint density at radius 1 is 0.933 bits per heavy atom. The Balaban J connectivity index is 2.07. The minimum absolute atomic E-state index is 0.0433. The van der Waals surface area contributed by atoms with E-state index in [4.69, 9.17) is 4.74 Å². The molecule has 2 rings (SSSR count). The molecule has 9 heteroatoms. The van der Waals surface area contributed by atoms with Crippen molar-refractivity contribution in [2.24, 2.45) is 0 Å². The molecule has 0 saturated carbocycles. The van der Waals surface area contributed by atoms with E-state index < -0.39 is 21.5 Å². The fraction of sp³-hybridized carbons (Fsp3) is 0.381. The molecule has 30 heavy (non-hydrogen) atoms. The molecular weight excluding hydrogens is 390 g/mol. The van der Waals surface area contributed by atoms with Crippen LogP contribution in [0.1, 0.15) is 55.8 Å². The van der Waals surface area contributed by atoms with Gasteiger partial charge in [0.1, 0.15) is 5.69 Å². The van der Waals surface area contributed by atoms with Crippen LogP contribution >= 0.6 is 0 Å². The molecule has 0 atom stereocenters. The Labute approximate surface area is 174 Å². The normalized spacial score (nSPS) is 10.4. The lowest BCUT2D eigenvalue weighted by Gasteiger charge is -2.12. The summed E-state index contributed by atoms with van der Waals surface area (Å²) < 4.78 is 5.34. The van der Waals surface area contributed by atoms with Crippen molar-refractivity contribution in [1.82, 2.24) is 0 Å². The minimum atomic E-state index is -0.713. The molecule has 2 aromatic carbocycles. The third-order valence-electron chi connectivity index (χ3n) is 4.54. The van der Waals surface area contributed by atoms with Crippen molar-refractivity contribution in [3.05, 3.63) is 68.3 Å². The average Bonchev–Trinajstić information content (AvgIpc) is 2.73. The van der Waals surface area contributed by atoms with Crippen LogP contribution in [0.25, 0.3) is 0 Å². The van der Waals surface area contributed by atoms with E-state index in [1.54, 1.807) is 24.3 Å². The van der Waals surface area contributed by atoms with Gasteiger partial charge < -0.3 is 10.1 Å². The summed E-state index contributed by atoms with van der Waals surface area (Å²) in [6.45, 7) is 2.45. The lowest BCUT2D eigenvalue weighted by Crippen LogP contribution is -2.09. The number of nitro groups is 2. The zero-order chi connectivity index (χ0) is 21.9. The number of non-ortho nitro benzene ring substituents is 1. The smallest absolute Gasteiger partial charge is 0.340 e. The summed E-state index contributed by atoms with van der Waals surface area (Å²) in [5, 5.41) is 25.0. The number of ether oxygens (including phenoxy) is 1. The number of para-hydroxylation sites is 1. The second-order valence-corrected chi connectivity index (χ2v) is 6.79.